The fraction of sp³-hybridized carbons (Fsp3) is 0.0588. The maximum Gasteiger partial charge on any atom is 0.296 e. The van der Waals surface area contributed by atoms with Crippen LogP contribution in [0.2, 0.25) is 0 Å². The van der Waals surface area contributed by atoms with E-state index in [-0.39, 0.29) is 10.3 Å². The third-order valence-corrected chi connectivity index (χ3v) is 3.44. The standard InChI is InChI=1S/C17H14N4O2S/c1-12-16(22)21(17(24)20-19-12)18-11-13-6-5-9-15(10-13)23-14-7-3-2-4-8-14/h2-11H,1H3,(H,20,24)/b18-11+. The second kappa shape index (κ2) is 7.01. The molecule has 0 amide bonds. The first kappa shape index (κ1) is 15.8. The first-order valence-electron chi connectivity index (χ1n) is 7.19. The van der Waals surface area contributed by atoms with E-state index in [0.29, 0.717) is 11.4 Å². The molecule has 6 nitrogen and oxygen atoms in total. The van der Waals surface area contributed by atoms with Gasteiger partial charge in [0.15, 0.2) is 0 Å². The molecule has 0 spiro atoms. The molecule has 3 aromatic rings. The molecule has 0 fully saturated rings. The molecule has 3 rings (SSSR count). The van der Waals surface area contributed by atoms with Crippen LogP contribution in [0.5, 0.6) is 11.5 Å². The quantitative estimate of drug-likeness (QED) is 0.585. The van der Waals surface area contributed by atoms with E-state index in [0.717, 1.165) is 16.0 Å². The summed E-state index contributed by atoms with van der Waals surface area (Å²) in [7, 11) is 0. The SMILES string of the molecule is Cc1n[nH]c(=S)n(/N=C/c2cccc(Oc3ccccc3)c2)c1=O. The highest BCUT2D eigenvalue weighted by atomic mass is 32.1. The lowest BCUT2D eigenvalue weighted by Crippen LogP contribution is -2.22. The molecule has 0 aliphatic rings. The van der Waals surface area contributed by atoms with Crippen molar-refractivity contribution in [3.63, 3.8) is 0 Å². The van der Waals surface area contributed by atoms with Crippen molar-refractivity contribution in [2.45, 2.75) is 6.92 Å². The molecule has 0 radical (unpaired) electrons. The highest BCUT2D eigenvalue weighted by Gasteiger charge is 2.01. The summed E-state index contributed by atoms with van der Waals surface area (Å²) in [5, 5.41) is 10.5. The van der Waals surface area contributed by atoms with E-state index in [1.807, 2.05) is 54.6 Å². The Labute approximate surface area is 143 Å². The summed E-state index contributed by atoms with van der Waals surface area (Å²) in [5.41, 5.74) is 0.716. The van der Waals surface area contributed by atoms with Crippen LogP contribution in [-0.4, -0.2) is 21.1 Å². The van der Waals surface area contributed by atoms with E-state index in [4.69, 9.17) is 17.0 Å². The summed E-state index contributed by atoms with van der Waals surface area (Å²) in [6.45, 7) is 1.59. The number of H-pyrrole nitrogens is 1. The Morgan fingerprint density at radius 3 is 2.71 bits per heavy atom. The van der Waals surface area contributed by atoms with Crippen molar-refractivity contribution in [1.29, 1.82) is 0 Å². The van der Waals surface area contributed by atoms with Gasteiger partial charge in [0.1, 0.15) is 17.2 Å². The van der Waals surface area contributed by atoms with Gasteiger partial charge in [-0.1, -0.05) is 30.3 Å². The molecule has 2 aromatic carbocycles. The Bertz CT molecular complexity index is 993. The normalized spacial score (nSPS) is 10.9. The molecule has 1 aromatic heterocycles. The zero-order chi connectivity index (χ0) is 16.9. The second-order valence-corrected chi connectivity index (χ2v) is 5.35. The predicted molar refractivity (Wildman–Crippen MR) is 94.4 cm³/mol. The van der Waals surface area contributed by atoms with Crippen LogP contribution in [0.1, 0.15) is 11.3 Å². The van der Waals surface area contributed by atoms with Gasteiger partial charge in [-0.15, -0.1) is 0 Å². The monoisotopic (exact) mass is 338 g/mol. The molecule has 1 N–H and O–H groups in total. The van der Waals surface area contributed by atoms with Crippen molar-refractivity contribution < 1.29 is 4.74 Å². The van der Waals surface area contributed by atoms with Gasteiger partial charge in [-0.05, 0) is 49.0 Å². The Morgan fingerprint density at radius 2 is 1.92 bits per heavy atom. The molecule has 0 saturated heterocycles. The number of nitrogens with one attached hydrogen (secondary N) is 1. The number of rotatable bonds is 4. The van der Waals surface area contributed by atoms with Gasteiger partial charge in [-0.25, -0.2) is 0 Å². The van der Waals surface area contributed by atoms with Crippen LogP contribution in [0, 0.1) is 11.7 Å². The average molecular weight is 338 g/mol. The minimum absolute atomic E-state index is 0.138. The number of hydrogen-bond donors (Lipinski definition) is 1. The minimum Gasteiger partial charge on any atom is -0.457 e. The van der Waals surface area contributed by atoms with Crippen molar-refractivity contribution in [3.05, 3.63) is 81.0 Å². The second-order valence-electron chi connectivity index (χ2n) is 4.96. The maximum absolute atomic E-state index is 12.0. The number of aromatic nitrogens is 3. The van der Waals surface area contributed by atoms with Gasteiger partial charge in [-0.2, -0.15) is 14.9 Å². The van der Waals surface area contributed by atoms with E-state index >= 15 is 0 Å². The molecule has 0 aliphatic heterocycles. The van der Waals surface area contributed by atoms with Gasteiger partial charge >= 0.3 is 0 Å². The van der Waals surface area contributed by atoms with Crippen LogP contribution in [0.25, 0.3) is 0 Å². The largest absolute Gasteiger partial charge is 0.457 e. The Kier molecular flexibility index (Phi) is 4.62. The zero-order valence-corrected chi connectivity index (χ0v) is 13.7. The summed E-state index contributed by atoms with van der Waals surface area (Å²) >= 11 is 5.03. The van der Waals surface area contributed by atoms with E-state index < -0.39 is 0 Å². The topological polar surface area (TPSA) is 72.3 Å². The van der Waals surface area contributed by atoms with Crippen LogP contribution in [-0.2, 0) is 0 Å². The number of ether oxygens (including phenoxy) is 1. The summed E-state index contributed by atoms with van der Waals surface area (Å²) in [6, 6.07) is 16.9. The number of nitrogens with zero attached hydrogens (tertiary/aromatic N) is 3. The van der Waals surface area contributed by atoms with E-state index in [2.05, 4.69) is 15.3 Å². The molecule has 0 saturated carbocycles. The summed E-state index contributed by atoms with van der Waals surface area (Å²) < 4.78 is 7.01. The molecule has 24 heavy (non-hydrogen) atoms. The Balaban J connectivity index is 1.87. The van der Waals surface area contributed by atoms with Crippen molar-refractivity contribution in [2.24, 2.45) is 5.10 Å². The average Bonchev–Trinajstić information content (AvgIpc) is 2.60. The molecule has 0 bridgehead atoms. The molecular weight excluding hydrogens is 324 g/mol. The third kappa shape index (κ3) is 3.64. The van der Waals surface area contributed by atoms with Crippen LogP contribution < -0.4 is 10.3 Å². The van der Waals surface area contributed by atoms with Crippen molar-refractivity contribution in [2.75, 3.05) is 0 Å². The lowest BCUT2D eigenvalue weighted by molar-refractivity contribution is 0.482. The third-order valence-electron chi connectivity index (χ3n) is 3.17. The number of hydrogen-bond acceptors (Lipinski definition) is 5. The predicted octanol–water partition coefficient (Wildman–Crippen LogP) is 3.28. The summed E-state index contributed by atoms with van der Waals surface area (Å²) in [5.74, 6) is 1.42. The number of para-hydroxylation sites is 1. The fourth-order valence-electron chi connectivity index (χ4n) is 1.98. The summed E-state index contributed by atoms with van der Waals surface area (Å²) in [4.78, 5) is 12.0. The van der Waals surface area contributed by atoms with Gasteiger partial charge in [0, 0.05) is 0 Å². The van der Waals surface area contributed by atoms with Crippen LogP contribution in [0.4, 0.5) is 0 Å². The van der Waals surface area contributed by atoms with Gasteiger partial charge in [-0.3, -0.25) is 9.89 Å². The number of aromatic amines is 1. The van der Waals surface area contributed by atoms with Crippen molar-refractivity contribution in [3.8, 4) is 11.5 Å². The van der Waals surface area contributed by atoms with Crippen LogP contribution in [0.3, 0.4) is 0 Å². The lowest BCUT2D eigenvalue weighted by Gasteiger charge is -2.05. The maximum atomic E-state index is 12.0. The molecule has 120 valence electrons. The highest BCUT2D eigenvalue weighted by Crippen LogP contribution is 2.21. The van der Waals surface area contributed by atoms with E-state index in [1.54, 1.807) is 13.1 Å². The first-order chi connectivity index (χ1) is 11.6. The van der Waals surface area contributed by atoms with Gasteiger partial charge in [0.05, 0.1) is 6.21 Å². The molecule has 0 unspecified atom stereocenters. The van der Waals surface area contributed by atoms with Crippen molar-refractivity contribution in [1.82, 2.24) is 14.9 Å². The number of benzene rings is 2. The van der Waals surface area contributed by atoms with E-state index in [1.165, 1.54) is 0 Å². The van der Waals surface area contributed by atoms with Crippen molar-refractivity contribution >= 4 is 18.4 Å². The first-order valence-corrected chi connectivity index (χ1v) is 7.60. The van der Waals surface area contributed by atoms with Gasteiger partial charge in [0.2, 0.25) is 4.77 Å². The Hall–Kier alpha value is -3.06. The smallest absolute Gasteiger partial charge is 0.296 e. The van der Waals surface area contributed by atoms with Crippen LogP contribution in [0.15, 0.2) is 64.5 Å². The molecule has 0 atom stereocenters. The molecule has 1 heterocycles. The van der Waals surface area contributed by atoms with Crippen LogP contribution >= 0.6 is 12.2 Å². The molecule has 7 heteroatoms. The van der Waals surface area contributed by atoms with E-state index in [9.17, 15) is 4.79 Å². The van der Waals surface area contributed by atoms with Gasteiger partial charge in [0.25, 0.3) is 5.56 Å². The lowest BCUT2D eigenvalue weighted by atomic mass is 10.2. The summed E-state index contributed by atoms with van der Waals surface area (Å²) in [6.07, 6.45) is 1.54. The Morgan fingerprint density at radius 1 is 1.17 bits per heavy atom. The number of aryl methyl sites for hydroxylation is 1. The molecular formula is C17H14N4O2S. The van der Waals surface area contributed by atoms with Gasteiger partial charge < -0.3 is 4.74 Å². The fourth-order valence-corrected chi connectivity index (χ4v) is 2.16. The zero-order valence-electron chi connectivity index (χ0n) is 12.8. The highest BCUT2D eigenvalue weighted by molar-refractivity contribution is 7.71. The molecule has 0 aliphatic carbocycles. The minimum atomic E-state index is -0.355.